The second-order valence-electron chi connectivity index (χ2n) is 8.43. The predicted molar refractivity (Wildman–Crippen MR) is 137 cm³/mol. The highest BCUT2D eigenvalue weighted by atomic mass is 16.2. The predicted octanol–water partition coefficient (Wildman–Crippen LogP) is 4.90. The van der Waals surface area contributed by atoms with Crippen LogP contribution in [-0.2, 0) is 17.8 Å². The summed E-state index contributed by atoms with van der Waals surface area (Å²) in [5, 5.41) is 10.4. The summed E-state index contributed by atoms with van der Waals surface area (Å²) in [4.78, 5) is 27.9. The maximum Gasteiger partial charge on any atom is 0.254 e. The lowest BCUT2D eigenvalue weighted by atomic mass is 10.1. The normalized spacial score (nSPS) is 10.5. The second-order valence-corrected chi connectivity index (χ2v) is 8.43. The van der Waals surface area contributed by atoms with E-state index in [1.54, 1.807) is 30.3 Å². The van der Waals surface area contributed by atoms with E-state index in [1.807, 2.05) is 54.3 Å². The number of rotatable bonds is 10. The maximum absolute atomic E-state index is 13.4. The molecule has 3 aromatic carbocycles. The van der Waals surface area contributed by atoms with Crippen molar-refractivity contribution in [3.8, 4) is 0 Å². The van der Waals surface area contributed by atoms with Crippen molar-refractivity contribution in [2.24, 2.45) is 5.73 Å². The van der Waals surface area contributed by atoms with Crippen LogP contribution in [0.1, 0.15) is 52.4 Å². The van der Waals surface area contributed by atoms with Crippen LogP contribution >= 0.6 is 0 Å². The first kappa shape index (κ1) is 24.7. The molecule has 0 aliphatic heterocycles. The van der Waals surface area contributed by atoms with E-state index in [-0.39, 0.29) is 24.1 Å². The van der Waals surface area contributed by atoms with E-state index in [1.165, 1.54) is 0 Å². The van der Waals surface area contributed by atoms with E-state index in [0.29, 0.717) is 29.9 Å². The number of nitrogens with one attached hydrogen (secondary N) is 2. The molecule has 0 radical (unpaired) electrons. The van der Waals surface area contributed by atoms with Gasteiger partial charge in [-0.2, -0.15) is 0 Å². The van der Waals surface area contributed by atoms with Gasteiger partial charge in [0.15, 0.2) is 0 Å². The van der Waals surface area contributed by atoms with Crippen LogP contribution in [0.2, 0.25) is 0 Å². The number of amides is 2. The Labute approximate surface area is 201 Å². The second kappa shape index (κ2) is 11.8. The molecule has 0 spiro atoms. The lowest BCUT2D eigenvalue weighted by Gasteiger charge is -2.23. The number of nitrogens with zero attached hydrogens (tertiary/aromatic N) is 1. The van der Waals surface area contributed by atoms with E-state index in [0.717, 1.165) is 29.5 Å². The molecule has 0 unspecified atom stereocenters. The third-order valence-electron chi connectivity index (χ3n) is 5.67. The fraction of sp³-hybridized carbons (Fsp3) is 0.250. The van der Waals surface area contributed by atoms with Gasteiger partial charge < -0.3 is 16.0 Å². The molecule has 0 saturated carbocycles. The number of unbranched alkanes of at least 4 members (excludes halogenated alkanes) is 1. The van der Waals surface area contributed by atoms with E-state index in [9.17, 15) is 9.59 Å². The van der Waals surface area contributed by atoms with Crippen LogP contribution in [0, 0.1) is 12.3 Å². The molecule has 0 fully saturated rings. The number of carbonyl (C=O) groups excluding carboxylic acids is 2. The highest BCUT2D eigenvalue weighted by Gasteiger charge is 2.17. The van der Waals surface area contributed by atoms with Crippen molar-refractivity contribution in [1.82, 2.24) is 4.90 Å². The van der Waals surface area contributed by atoms with Crippen LogP contribution in [-0.4, -0.2) is 29.1 Å². The molecular weight excluding hydrogens is 424 g/mol. The number of aryl methyl sites for hydroxylation is 1. The molecular formula is C28H32N4O2. The van der Waals surface area contributed by atoms with Crippen LogP contribution in [0.15, 0.2) is 72.8 Å². The summed E-state index contributed by atoms with van der Waals surface area (Å²) in [5.74, 6) is -0.226. The molecule has 176 valence electrons. The fourth-order valence-electron chi connectivity index (χ4n) is 3.66. The van der Waals surface area contributed by atoms with E-state index < -0.39 is 0 Å². The van der Waals surface area contributed by atoms with Gasteiger partial charge in [0.2, 0.25) is 5.91 Å². The van der Waals surface area contributed by atoms with Gasteiger partial charge in [0.05, 0.1) is 6.42 Å². The van der Waals surface area contributed by atoms with Crippen LogP contribution < -0.4 is 11.1 Å². The van der Waals surface area contributed by atoms with Crippen LogP contribution in [0.4, 0.5) is 5.69 Å². The van der Waals surface area contributed by atoms with Gasteiger partial charge in [-0.15, -0.1) is 0 Å². The number of amidine groups is 1. The Morgan fingerprint density at radius 3 is 2.26 bits per heavy atom. The molecule has 4 N–H and O–H groups in total. The highest BCUT2D eigenvalue weighted by molar-refractivity contribution is 5.98. The van der Waals surface area contributed by atoms with Gasteiger partial charge in [0, 0.05) is 29.9 Å². The highest BCUT2D eigenvalue weighted by Crippen LogP contribution is 2.20. The quantitative estimate of drug-likeness (QED) is 0.299. The summed E-state index contributed by atoms with van der Waals surface area (Å²) in [5.41, 5.74) is 10.1. The first-order valence-corrected chi connectivity index (χ1v) is 11.5. The average molecular weight is 457 g/mol. The zero-order chi connectivity index (χ0) is 24.5. The lowest BCUT2D eigenvalue weighted by molar-refractivity contribution is -0.115. The Morgan fingerprint density at radius 1 is 0.941 bits per heavy atom. The molecule has 34 heavy (non-hydrogen) atoms. The SMILES string of the molecule is CCCCN(Cc1ccccc1)C(=O)c1ccc(C)c(NC(=O)Cc2ccc(C(=N)N)cc2)c1. The molecule has 6 heteroatoms. The summed E-state index contributed by atoms with van der Waals surface area (Å²) >= 11 is 0. The summed E-state index contributed by atoms with van der Waals surface area (Å²) in [6.07, 6.45) is 2.12. The first-order valence-electron chi connectivity index (χ1n) is 11.5. The van der Waals surface area contributed by atoms with Crippen molar-refractivity contribution in [2.45, 2.75) is 39.7 Å². The number of benzene rings is 3. The first-order chi connectivity index (χ1) is 16.4. The number of nitrogen functional groups attached to an aromatic ring is 1. The number of hydrogen-bond donors (Lipinski definition) is 3. The Kier molecular flexibility index (Phi) is 8.57. The minimum Gasteiger partial charge on any atom is -0.384 e. The Hall–Kier alpha value is -3.93. The topological polar surface area (TPSA) is 99.3 Å². The average Bonchev–Trinajstić information content (AvgIpc) is 2.83. The Bertz CT molecular complexity index is 1140. The van der Waals surface area contributed by atoms with Crippen molar-refractivity contribution < 1.29 is 9.59 Å². The van der Waals surface area contributed by atoms with Gasteiger partial charge >= 0.3 is 0 Å². The van der Waals surface area contributed by atoms with Gasteiger partial charge in [0.25, 0.3) is 5.91 Å². The summed E-state index contributed by atoms with van der Waals surface area (Å²) in [7, 11) is 0. The van der Waals surface area contributed by atoms with E-state index >= 15 is 0 Å². The van der Waals surface area contributed by atoms with Crippen molar-refractivity contribution in [2.75, 3.05) is 11.9 Å². The van der Waals surface area contributed by atoms with Crippen molar-refractivity contribution in [3.05, 3.63) is 101 Å². The molecule has 0 aliphatic rings. The van der Waals surface area contributed by atoms with Crippen molar-refractivity contribution in [3.63, 3.8) is 0 Å². The van der Waals surface area contributed by atoms with Gasteiger partial charge in [-0.3, -0.25) is 15.0 Å². The third kappa shape index (κ3) is 6.78. The van der Waals surface area contributed by atoms with Crippen LogP contribution in [0.3, 0.4) is 0 Å². The Balaban J connectivity index is 1.73. The summed E-state index contributed by atoms with van der Waals surface area (Å²) < 4.78 is 0. The number of hydrogen-bond acceptors (Lipinski definition) is 3. The fourth-order valence-corrected chi connectivity index (χ4v) is 3.66. The van der Waals surface area contributed by atoms with Crippen LogP contribution in [0.5, 0.6) is 0 Å². The number of nitrogens with two attached hydrogens (primary N) is 1. The molecule has 0 saturated heterocycles. The summed E-state index contributed by atoms with van der Waals surface area (Å²) in [6, 6.07) is 22.5. The maximum atomic E-state index is 13.4. The van der Waals surface area contributed by atoms with Crippen molar-refractivity contribution in [1.29, 1.82) is 5.41 Å². The molecule has 0 aliphatic carbocycles. The zero-order valence-electron chi connectivity index (χ0n) is 19.8. The molecule has 0 heterocycles. The van der Waals surface area contributed by atoms with Gasteiger partial charge in [-0.1, -0.05) is 74.0 Å². The van der Waals surface area contributed by atoms with Crippen molar-refractivity contribution >= 4 is 23.3 Å². The molecule has 3 rings (SSSR count). The molecule has 0 bridgehead atoms. The minimum absolute atomic E-state index is 0.00615. The lowest BCUT2D eigenvalue weighted by Crippen LogP contribution is -2.31. The standard InChI is InChI=1S/C28H32N4O2/c1-3-4-16-32(19-22-8-6-5-7-9-22)28(34)24-13-10-20(2)25(18-24)31-26(33)17-21-11-14-23(15-12-21)27(29)30/h5-15,18H,3-4,16-17,19H2,1-2H3,(H3,29,30)(H,31,33). The minimum atomic E-state index is -0.171. The Morgan fingerprint density at radius 2 is 1.62 bits per heavy atom. The number of carbonyl (C=O) groups is 2. The smallest absolute Gasteiger partial charge is 0.254 e. The molecule has 2 amide bonds. The van der Waals surface area contributed by atoms with Gasteiger partial charge in [-0.25, -0.2) is 0 Å². The van der Waals surface area contributed by atoms with E-state index in [2.05, 4.69) is 12.2 Å². The summed E-state index contributed by atoms with van der Waals surface area (Å²) in [6.45, 7) is 5.24. The number of anilines is 1. The molecule has 0 atom stereocenters. The molecule has 6 nitrogen and oxygen atoms in total. The zero-order valence-corrected chi connectivity index (χ0v) is 19.8. The molecule has 0 aromatic heterocycles. The van der Waals surface area contributed by atoms with Gasteiger partial charge in [0.1, 0.15) is 5.84 Å². The largest absolute Gasteiger partial charge is 0.384 e. The molecule has 3 aromatic rings. The van der Waals surface area contributed by atoms with Crippen LogP contribution in [0.25, 0.3) is 0 Å². The van der Waals surface area contributed by atoms with E-state index in [4.69, 9.17) is 11.1 Å². The van der Waals surface area contributed by atoms with Gasteiger partial charge in [-0.05, 0) is 42.2 Å². The monoisotopic (exact) mass is 456 g/mol. The third-order valence-corrected chi connectivity index (χ3v) is 5.67.